The van der Waals surface area contributed by atoms with E-state index in [1.807, 2.05) is 37.4 Å². The van der Waals surface area contributed by atoms with E-state index in [2.05, 4.69) is 35.6 Å². The molecule has 0 aromatic heterocycles. The molecule has 0 aliphatic carbocycles. The van der Waals surface area contributed by atoms with Gasteiger partial charge in [0.05, 0.1) is 0 Å². The van der Waals surface area contributed by atoms with Crippen LogP contribution in [0.3, 0.4) is 0 Å². The van der Waals surface area contributed by atoms with Crippen molar-refractivity contribution in [2.45, 2.75) is 44.0 Å². The lowest BCUT2D eigenvalue weighted by molar-refractivity contribution is 0.167. The molecule has 1 aliphatic rings. The van der Waals surface area contributed by atoms with E-state index in [-0.39, 0.29) is 11.6 Å². The predicted molar refractivity (Wildman–Crippen MR) is 89.7 cm³/mol. The number of thioether (sulfide) groups is 1. The molecule has 1 aromatic carbocycles. The number of piperidine rings is 1. The monoisotopic (exact) mass is 306 g/mol. The first-order valence-corrected chi connectivity index (χ1v) is 8.67. The third kappa shape index (κ3) is 5.62. The summed E-state index contributed by atoms with van der Waals surface area (Å²) < 4.78 is 0. The molecule has 4 heteroatoms. The molecule has 0 atom stereocenters. The van der Waals surface area contributed by atoms with Crippen LogP contribution in [-0.2, 0) is 0 Å². The first-order chi connectivity index (χ1) is 9.94. The largest absolute Gasteiger partial charge is 0.333 e. The SMILES string of the molecule is CC(C)(C)NC(=O)N1CCC(CSc2ccccc2)CC1. The Balaban J connectivity index is 1.72. The van der Waals surface area contributed by atoms with Gasteiger partial charge in [0, 0.05) is 29.3 Å². The molecule has 21 heavy (non-hydrogen) atoms. The van der Waals surface area contributed by atoms with Gasteiger partial charge in [-0.2, -0.15) is 0 Å². The molecule has 2 amide bonds. The van der Waals surface area contributed by atoms with Gasteiger partial charge in [-0.25, -0.2) is 4.79 Å². The average Bonchev–Trinajstić information content (AvgIpc) is 2.45. The van der Waals surface area contributed by atoms with Crippen LogP contribution in [0, 0.1) is 5.92 Å². The number of amides is 2. The minimum absolute atomic E-state index is 0.0802. The Kier molecular flexibility index (Phi) is 5.57. The first kappa shape index (κ1) is 16.2. The van der Waals surface area contributed by atoms with E-state index in [0.717, 1.165) is 31.7 Å². The van der Waals surface area contributed by atoms with E-state index in [4.69, 9.17) is 0 Å². The molecule has 1 heterocycles. The Morgan fingerprint density at radius 2 is 1.86 bits per heavy atom. The van der Waals surface area contributed by atoms with Gasteiger partial charge in [-0.05, 0) is 51.7 Å². The van der Waals surface area contributed by atoms with E-state index in [0.29, 0.717) is 5.92 Å². The van der Waals surface area contributed by atoms with Gasteiger partial charge in [0.25, 0.3) is 0 Å². The molecule has 0 bridgehead atoms. The number of hydrogen-bond donors (Lipinski definition) is 1. The van der Waals surface area contributed by atoms with Crippen molar-refractivity contribution in [1.82, 2.24) is 10.2 Å². The maximum absolute atomic E-state index is 12.1. The maximum Gasteiger partial charge on any atom is 0.317 e. The van der Waals surface area contributed by atoms with Crippen molar-refractivity contribution in [1.29, 1.82) is 0 Å². The summed E-state index contributed by atoms with van der Waals surface area (Å²) in [6.07, 6.45) is 2.22. The van der Waals surface area contributed by atoms with Crippen LogP contribution in [0.5, 0.6) is 0 Å². The van der Waals surface area contributed by atoms with Gasteiger partial charge >= 0.3 is 6.03 Å². The zero-order valence-corrected chi connectivity index (χ0v) is 14.1. The van der Waals surface area contributed by atoms with Gasteiger partial charge in [-0.15, -0.1) is 11.8 Å². The molecular weight excluding hydrogens is 280 g/mol. The Labute approximate surface area is 132 Å². The van der Waals surface area contributed by atoms with Gasteiger partial charge in [0.15, 0.2) is 0 Å². The summed E-state index contributed by atoms with van der Waals surface area (Å²) in [5.41, 5.74) is -0.156. The highest BCUT2D eigenvalue weighted by Crippen LogP contribution is 2.26. The predicted octanol–water partition coefficient (Wildman–Crippen LogP) is 4.00. The molecule has 0 radical (unpaired) electrons. The average molecular weight is 306 g/mol. The van der Waals surface area contributed by atoms with E-state index < -0.39 is 0 Å². The van der Waals surface area contributed by atoms with Crippen LogP contribution in [-0.4, -0.2) is 35.3 Å². The second-order valence-electron chi connectivity index (χ2n) is 6.73. The van der Waals surface area contributed by atoms with Gasteiger partial charge < -0.3 is 10.2 Å². The highest BCUT2D eigenvalue weighted by Gasteiger charge is 2.25. The van der Waals surface area contributed by atoms with Crippen molar-refractivity contribution in [3.8, 4) is 0 Å². The van der Waals surface area contributed by atoms with Crippen molar-refractivity contribution in [3.63, 3.8) is 0 Å². The van der Waals surface area contributed by atoms with Crippen LogP contribution in [0.15, 0.2) is 35.2 Å². The Morgan fingerprint density at radius 1 is 1.24 bits per heavy atom. The van der Waals surface area contributed by atoms with Crippen LogP contribution < -0.4 is 5.32 Å². The van der Waals surface area contributed by atoms with Crippen LogP contribution in [0.1, 0.15) is 33.6 Å². The van der Waals surface area contributed by atoms with Crippen molar-refractivity contribution < 1.29 is 4.79 Å². The zero-order chi connectivity index (χ0) is 15.3. The number of carbonyl (C=O) groups is 1. The number of nitrogens with one attached hydrogen (secondary N) is 1. The number of benzene rings is 1. The van der Waals surface area contributed by atoms with Crippen LogP contribution in [0.2, 0.25) is 0 Å². The molecule has 0 spiro atoms. The first-order valence-electron chi connectivity index (χ1n) is 7.69. The lowest BCUT2D eigenvalue weighted by Crippen LogP contribution is -2.50. The molecule has 0 unspecified atom stereocenters. The Bertz CT molecular complexity index is 448. The number of nitrogens with zero attached hydrogens (tertiary/aromatic N) is 1. The summed E-state index contributed by atoms with van der Waals surface area (Å²) in [5.74, 6) is 1.87. The fraction of sp³-hybridized carbons (Fsp3) is 0.588. The summed E-state index contributed by atoms with van der Waals surface area (Å²) in [6, 6.07) is 10.6. The summed E-state index contributed by atoms with van der Waals surface area (Å²) in [7, 11) is 0. The highest BCUT2D eigenvalue weighted by atomic mass is 32.2. The second kappa shape index (κ2) is 7.21. The smallest absolute Gasteiger partial charge is 0.317 e. The van der Waals surface area contributed by atoms with Crippen molar-refractivity contribution in [2.24, 2.45) is 5.92 Å². The van der Waals surface area contributed by atoms with E-state index >= 15 is 0 Å². The molecule has 3 nitrogen and oxygen atoms in total. The third-order valence-corrected chi connectivity index (χ3v) is 4.86. The molecule has 1 aromatic rings. The molecule has 0 saturated carbocycles. The van der Waals surface area contributed by atoms with Gasteiger partial charge in [-0.1, -0.05) is 18.2 Å². The number of urea groups is 1. The molecule has 1 saturated heterocycles. The van der Waals surface area contributed by atoms with E-state index in [9.17, 15) is 4.79 Å². The van der Waals surface area contributed by atoms with Crippen molar-refractivity contribution in [3.05, 3.63) is 30.3 Å². The Hall–Kier alpha value is -1.16. The van der Waals surface area contributed by atoms with Gasteiger partial charge in [-0.3, -0.25) is 0 Å². The van der Waals surface area contributed by atoms with Gasteiger partial charge in [0.2, 0.25) is 0 Å². The molecule has 116 valence electrons. The van der Waals surface area contributed by atoms with E-state index in [1.54, 1.807) is 0 Å². The summed E-state index contributed by atoms with van der Waals surface area (Å²) in [6.45, 7) is 7.82. The lowest BCUT2D eigenvalue weighted by Gasteiger charge is -2.34. The quantitative estimate of drug-likeness (QED) is 0.856. The van der Waals surface area contributed by atoms with Crippen LogP contribution >= 0.6 is 11.8 Å². The third-order valence-electron chi connectivity index (χ3n) is 3.61. The zero-order valence-electron chi connectivity index (χ0n) is 13.3. The van der Waals surface area contributed by atoms with Crippen LogP contribution in [0.25, 0.3) is 0 Å². The van der Waals surface area contributed by atoms with Crippen molar-refractivity contribution >= 4 is 17.8 Å². The minimum atomic E-state index is -0.156. The summed E-state index contributed by atoms with van der Waals surface area (Å²) in [5, 5.41) is 3.04. The fourth-order valence-corrected chi connectivity index (χ4v) is 3.54. The Morgan fingerprint density at radius 3 is 2.43 bits per heavy atom. The lowest BCUT2D eigenvalue weighted by atomic mass is 9.99. The molecule has 1 aliphatic heterocycles. The van der Waals surface area contributed by atoms with Gasteiger partial charge in [0.1, 0.15) is 0 Å². The molecule has 1 fully saturated rings. The number of hydrogen-bond acceptors (Lipinski definition) is 2. The van der Waals surface area contributed by atoms with Crippen LogP contribution in [0.4, 0.5) is 4.79 Å². The molecule has 1 N–H and O–H groups in total. The fourth-order valence-electron chi connectivity index (χ4n) is 2.43. The second-order valence-corrected chi connectivity index (χ2v) is 7.83. The summed E-state index contributed by atoms with van der Waals surface area (Å²) >= 11 is 1.93. The molecule has 2 rings (SSSR count). The normalized spacial score (nSPS) is 16.8. The summed E-state index contributed by atoms with van der Waals surface area (Å²) in [4.78, 5) is 15.4. The van der Waals surface area contributed by atoms with Crippen molar-refractivity contribution in [2.75, 3.05) is 18.8 Å². The molecular formula is C17H26N2OS. The van der Waals surface area contributed by atoms with E-state index in [1.165, 1.54) is 4.90 Å². The maximum atomic E-state index is 12.1. The highest BCUT2D eigenvalue weighted by molar-refractivity contribution is 7.99. The minimum Gasteiger partial charge on any atom is -0.333 e. The standard InChI is InChI=1S/C17H26N2OS/c1-17(2,3)18-16(20)19-11-9-14(10-12-19)13-21-15-7-5-4-6-8-15/h4-8,14H,9-13H2,1-3H3,(H,18,20). The number of likely N-dealkylation sites (tertiary alicyclic amines) is 1. The topological polar surface area (TPSA) is 32.3 Å². The number of rotatable bonds is 3. The number of carbonyl (C=O) groups excluding carboxylic acids is 1.